The average molecular weight is 396 g/mol. The molecule has 0 aromatic carbocycles. The fourth-order valence-electron chi connectivity index (χ4n) is 2.61. The maximum Gasteiger partial charge on any atom is 0.191 e. The molecule has 2 N–H and O–H groups in total. The van der Waals surface area contributed by atoms with Gasteiger partial charge in [-0.2, -0.15) is 11.8 Å². The van der Waals surface area contributed by atoms with Gasteiger partial charge in [-0.15, -0.1) is 0 Å². The summed E-state index contributed by atoms with van der Waals surface area (Å²) in [6.45, 7) is 4.51. The Kier molecular flexibility index (Phi) is 5.83. The van der Waals surface area contributed by atoms with Crippen LogP contribution in [0.1, 0.15) is 25.5 Å². The van der Waals surface area contributed by atoms with Crippen LogP contribution in [0.15, 0.2) is 34.0 Å². The predicted octanol–water partition coefficient (Wildman–Crippen LogP) is 3.05. The molecular formula is C16H22BrN5S. The summed E-state index contributed by atoms with van der Waals surface area (Å²) in [5.41, 5.74) is 1.91. The lowest BCUT2D eigenvalue weighted by Gasteiger charge is -2.14. The van der Waals surface area contributed by atoms with Gasteiger partial charge in [-0.05, 0) is 53.6 Å². The zero-order valence-corrected chi connectivity index (χ0v) is 15.7. The zero-order chi connectivity index (χ0) is 16.1. The second kappa shape index (κ2) is 8.06. The number of hydrogen-bond acceptors (Lipinski definition) is 3. The summed E-state index contributed by atoms with van der Waals surface area (Å²) in [6, 6.07) is 4.00. The van der Waals surface area contributed by atoms with E-state index in [9.17, 15) is 0 Å². The Morgan fingerprint density at radius 2 is 2.35 bits per heavy atom. The van der Waals surface area contributed by atoms with Gasteiger partial charge >= 0.3 is 0 Å². The minimum absolute atomic E-state index is 0.576. The topological polar surface area (TPSA) is 53.7 Å². The molecule has 1 atom stereocenters. The van der Waals surface area contributed by atoms with Crippen molar-refractivity contribution in [3.8, 4) is 0 Å². The van der Waals surface area contributed by atoms with Crippen LogP contribution in [-0.2, 0) is 6.54 Å². The van der Waals surface area contributed by atoms with Gasteiger partial charge in [0.15, 0.2) is 5.96 Å². The van der Waals surface area contributed by atoms with Gasteiger partial charge in [-0.3, -0.25) is 0 Å². The molecule has 0 saturated carbocycles. The van der Waals surface area contributed by atoms with Crippen molar-refractivity contribution >= 4 is 39.3 Å². The van der Waals surface area contributed by atoms with E-state index < -0.39 is 0 Å². The van der Waals surface area contributed by atoms with Gasteiger partial charge in [-0.1, -0.05) is 0 Å². The Labute approximate surface area is 149 Å². The molecule has 3 rings (SSSR count). The molecule has 3 heterocycles. The first-order valence-corrected chi connectivity index (χ1v) is 9.85. The maximum atomic E-state index is 4.66. The highest BCUT2D eigenvalue weighted by atomic mass is 79.9. The summed E-state index contributed by atoms with van der Waals surface area (Å²) >= 11 is 5.53. The number of nitrogens with zero attached hydrogens (tertiary/aromatic N) is 3. The summed E-state index contributed by atoms with van der Waals surface area (Å²) in [4.78, 5) is 9.26. The molecule has 124 valence electrons. The maximum absolute atomic E-state index is 4.66. The van der Waals surface area contributed by atoms with Gasteiger partial charge < -0.3 is 15.0 Å². The van der Waals surface area contributed by atoms with E-state index in [-0.39, 0.29) is 0 Å². The quantitative estimate of drug-likeness (QED) is 0.603. The SMILES string of the molecule is CCNC(=NCc1cn2cc(Br)ccc2n1)NCC1CCCS1. The van der Waals surface area contributed by atoms with Crippen LogP contribution >= 0.6 is 27.7 Å². The van der Waals surface area contributed by atoms with Crippen LogP contribution in [0.3, 0.4) is 0 Å². The molecule has 2 aromatic heterocycles. The van der Waals surface area contributed by atoms with Crippen LogP contribution < -0.4 is 10.6 Å². The van der Waals surface area contributed by atoms with Crippen molar-refractivity contribution in [2.75, 3.05) is 18.8 Å². The Balaban J connectivity index is 1.63. The second-order valence-corrected chi connectivity index (χ2v) is 7.88. The van der Waals surface area contributed by atoms with Crippen LogP contribution in [-0.4, -0.2) is 39.4 Å². The van der Waals surface area contributed by atoms with Crippen LogP contribution in [0.2, 0.25) is 0 Å². The third-order valence-corrected chi connectivity index (χ3v) is 5.60. The number of imidazole rings is 1. The van der Waals surface area contributed by atoms with E-state index in [1.807, 2.05) is 28.9 Å². The average Bonchev–Trinajstić information content (AvgIpc) is 3.18. The second-order valence-electron chi connectivity index (χ2n) is 5.56. The van der Waals surface area contributed by atoms with Crippen LogP contribution in [0, 0.1) is 0 Å². The Bertz CT molecular complexity index is 678. The van der Waals surface area contributed by atoms with Crippen molar-refractivity contribution in [3.63, 3.8) is 0 Å². The van der Waals surface area contributed by atoms with Crippen LogP contribution in [0.25, 0.3) is 5.65 Å². The van der Waals surface area contributed by atoms with Crippen molar-refractivity contribution in [3.05, 3.63) is 34.7 Å². The third-order valence-electron chi connectivity index (χ3n) is 3.73. The highest BCUT2D eigenvalue weighted by Crippen LogP contribution is 2.25. The fraction of sp³-hybridized carbons (Fsp3) is 0.500. The van der Waals surface area contributed by atoms with Gasteiger partial charge in [0.25, 0.3) is 0 Å². The standard InChI is InChI=1S/C16H22BrN5S/c1-2-18-16(20-9-14-4-3-7-23-14)19-8-13-11-22-10-12(17)5-6-15(22)21-13/h5-6,10-11,14H,2-4,7-9H2,1H3,(H2,18,19,20). The molecule has 2 aromatic rings. The molecule has 1 aliphatic heterocycles. The van der Waals surface area contributed by atoms with E-state index in [4.69, 9.17) is 0 Å². The minimum Gasteiger partial charge on any atom is -0.357 e. The number of pyridine rings is 1. The molecule has 7 heteroatoms. The van der Waals surface area contributed by atoms with E-state index in [1.165, 1.54) is 18.6 Å². The predicted molar refractivity (Wildman–Crippen MR) is 101 cm³/mol. The first kappa shape index (κ1) is 16.6. The van der Waals surface area contributed by atoms with Gasteiger partial charge in [0, 0.05) is 35.2 Å². The highest BCUT2D eigenvalue weighted by Gasteiger charge is 2.15. The summed E-state index contributed by atoms with van der Waals surface area (Å²) in [6.07, 6.45) is 6.68. The zero-order valence-electron chi connectivity index (χ0n) is 13.3. The lowest BCUT2D eigenvalue weighted by atomic mass is 10.2. The third kappa shape index (κ3) is 4.64. The van der Waals surface area contributed by atoms with E-state index >= 15 is 0 Å². The monoisotopic (exact) mass is 395 g/mol. The Morgan fingerprint density at radius 1 is 1.43 bits per heavy atom. The summed E-state index contributed by atoms with van der Waals surface area (Å²) < 4.78 is 3.06. The van der Waals surface area contributed by atoms with Gasteiger partial charge in [0.05, 0.1) is 12.2 Å². The molecule has 0 aliphatic carbocycles. The molecule has 5 nitrogen and oxygen atoms in total. The van der Waals surface area contributed by atoms with Crippen LogP contribution in [0.5, 0.6) is 0 Å². The van der Waals surface area contributed by atoms with Gasteiger partial charge in [0.1, 0.15) is 5.65 Å². The van der Waals surface area contributed by atoms with Crippen molar-refractivity contribution in [1.82, 2.24) is 20.0 Å². The molecule has 0 radical (unpaired) electrons. The van der Waals surface area contributed by atoms with E-state index in [1.54, 1.807) is 0 Å². The number of guanidine groups is 1. The smallest absolute Gasteiger partial charge is 0.191 e. The number of aromatic nitrogens is 2. The Hall–Kier alpha value is -1.21. The number of thioether (sulfide) groups is 1. The number of fused-ring (bicyclic) bond motifs is 1. The summed E-state index contributed by atoms with van der Waals surface area (Å²) in [7, 11) is 0. The lowest BCUT2D eigenvalue weighted by Crippen LogP contribution is -2.40. The minimum atomic E-state index is 0.576. The number of aliphatic imine (C=N–C) groups is 1. The molecule has 1 aliphatic rings. The van der Waals surface area contributed by atoms with Gasteiger partial charge in [0.2, 0.25) is 0 Å². The molecule has 0 amide bonds. The first-order valence-electron chi connectivity index (χ1n) is 8.01. The molecule has 1 fully saturated rings. The van der Waals surface area contributed by atoms with Crippen molar-refractivity contribution in [1.29, 1.82) is 0 Å². The van der Waals surface area contributed by atoms with Crippen molar-refractivity contribution in [2.24, 2.45) is 4.99 Å². The van der Waals surface area contributed by atoms with E-state index in [0.29, 0.717) is 11.8 Å². The molecule has 1 unspecified atom stereocenters. The number of halogens is 1. The largest absolute Gasteiger partial charge is 0.357 e. The van der Waals surface area contributed by atoms with E-state index in [0.717, 1.165) is 34.9 Å². The first-order chi connectivity index (χ1) is 11.2. The molecule has 0 bridgehead atoms. The highest BCUT2D eigenvalue weighted by molar-refractivity contribution is 9.10. The summed E-state index contributed by atoms with van der Waals surface area (Å²) in [5, 5.41) is 7.47. The lowest BCUT2D eigenvalue weighted by molar-refractivity contribution is 0.726. The molecular weight excluding hydrogens is 374 g/mol. The number of nitrogens with one attached hydrogen (secondary N) is 2. The molecule has 1 saturated heterocycles. The number of hydrogen-bond donors (Lipinski definition) is 2. The van der Waals surface area contributed by atoms with Crippen LogP contribution in [0.4, 0.5) is 0 Å². The fourth-order valence-corrected chi connectivity index (χ4v) is 4.16. The summed E-state index contributed by atoms with van der Waals surface area (Å²) in [5.74, 6) is 2.16. The number of rotatable bonds is 5. The van der Waals surface area contributed by atoms with E-state index in [2.05, 4.69) is 55.2 Å². The van der Waals surface area contributed by atoms with Crippen molar-refractivity contribution < 1.29 is 0 Å². The normalized spacial score (nSPS) is 18.5. The van der Waals surface area contributed by atoms with Gasteiger partial charge in [-0.25, -0.2) is 9.98 Å². The van der Waals surface area contributed by atoms with Crippen molar-refractivity contribution in [2.45, 2.75) is 31.6 Å². The molecule has 0 spiro atoms. The molecule has 23 heavy (non-hydrogen) atoms. The Morgan fingerprint density at radius 3 is 3.13 bits per heavy atom.